The Hall–Kier alpha value is -2.68. The van der Waals surface area contributed by atoms with Crippen molar-refractivity contribution in [2.45, 2.75) is 51.8 Å². The summed E-state index contributed by atoms with van der Waals surface area (Å²) in [5.74, 6) is -1.16. The quantitative estimate of drug-likeness (QED) is 0.638. The summed E-state index contributed by atoms with van der Waals surface area (Å²) in [5, 5.41) is 14.0. The van der Waals surface area contributed by atoms with Crippen LogP contribution in [0.15, 0.2) is 36.0 Å². The number of rotatable bonds is 6. The van der Waals surface area contributed by atoms with Gasteiger partial charge in [-0.1, -0.05) is 19.4 Å². The summed E-state index contributed by atoms with van der Waals surface area (Å²) in [4.78, 5) is 14.6. The van der Waals surface area contributed by atoms with Gasteiger partial charge in [-0.15, -0.1) is 0 Å². The van der Waals surface area contributed by atoms with Crippen molar-refractivity contribution < 1.29 is 27.5 Å². The number of aromatic nitrogens is 2. The zero-order valence-corrected chi connectivity index (χ0v) is 18.6. The molecule has 1 heterocycles. The molecule has 33 heavy (non-hydrogen) atoms. The van der Waals surface area contributed by atoms with Crippen LogP contribution in [0.2, 0.25) is 0 Å². The van der Waals surface area contributed by atoms with Crippen LogP contribution in [-0.4, -0.2) is 51.1 Å². The van der Waals surface area contributed by atoms with E-state index >= 15 is 0 Å². The topological polar surface area (TPSA) is 58.4 Å². The Balaban J connectivity index is 1.60. The minimum atomic E-state index is -4.77. The molecule has 0 radical (unpaired) electrons. The molecular formula is C24H27F4N3O2. The summed E-state index contributed by atoms with van der Waals surface area (Å²) in [6.45, 7) is 3.18. The predicted molar refractivity (Wildman–Crippen MR) is 115 cm³/mol. The molecule has 2 aliphatic rings. The molecule has 1 unspecified atom stereocenters. The highest BCUT2D eigenvalue weighted by Crippen LogP contribution is 2.53. The molecule has 1 fully saturated rings. The van der Waals surface area contributed by atoms with E-state index in [-0.39, 0.29) is 18.3 Å². The molecule has 1 aromatic carbocycles. The second-order valence-corrected chi connectivity index (χ2v) is 9.14. The molecule has 2 aliphatic carbocycles. The van der Waals surface area contributed by atoms with Crippen LogP contribution in [0.25, 0.3) is 11.8 Å². The summed E-state index contributed by atoms with van der Waals surface area (Å²) < 4.78 is 53.9. The number of fused-ring (bicyclic) bond motifs is 2. The molecule has 1 N–H and O–H groups in total. The van der Waals surface area contributed by atoms with Crippen LogP contribution in [0, 0.1) is 17.2 Å². The maximum atomic E-state index is 13.4. The van der Waals surface area contributed by atoms with Crippen LogP contribution in [0.1, 0.15) is 44.4 Å². The lowest BCUT2D eigenvalue weighted by Gasteiger charge is -2.38. The Bertz CT molecular complexity index is 1060. The van der Waals surface area contributed by atoms with Gasteiger partial charge in [-0.05, 0) is 61.6 Å². The predicted octanol–water partition coefficient (Wildman–Crippen LogP) is 4.53. The highest BCUT2D eigenvalue weighted by atomic mass is 19.4. The van der Waals surface area contributed by atoms with Gasteiger partial charge in [-0.3, -0.25) is 4.79 Å². The number of benzene rings is 1. The summed E-state index contributed by atoms with van der Waals surface area (Å²) >= 11 is 0. The molecule has 0 bridgehead atoms. The molecule has 4 rings (SSSR count). The fraction of sp³-hybridized carbons (Fsp3) is 0.500. The molecule has 178 valence electrons. The first kappa shape index (κ1) is 23.5. The first-order valence-electron chi connectivity index (χ1n) is 11.1. The van der Waals surface area contributed by atoms with Gasteiger partial charge in [0.2, 0.25) is 5.91 Å². The molecule has 3 atom stereocenters. The number of amides is 1. The zero-order valence-electron chi connectivity index (χ0n) is 18.6. The van der Waals surface area contributed by atoms with Crippen LogP contribution in [0.3, 0.4) is 0 Å². The van der Waals surface area contributed by atoms with Crippen LogP contribution >= 0.6 is 0 Å². The fourth-order valence-corrected chi connectivity index (χ4v) is 5.12. The average Bonchev–Trinajstić information content (AvgIpc) is 3.30. The lowest BCUT2D eigenvalue weighted by molar-refractivity contribution is -0.208. The van der Waals surface area contributed by atoms with E-state index in [2.05, 4.69) is 5.10 Å². The zero-order chi connectivity index (χ0) is 24.0. The van der Waals surface area contributed by atoms with Crippen molar-refractivity contribution in [2.24, 2.45) is 11.3 Å². The van der Waals surface area contributed by atoms with Gasteiger partial charge >= 0.3 is 6.18 Å². The first-order chi connectivity index (χ1) is 15.5. The van der Waals surface area contributed by atoms with Crippen molar-refractivity contribution in [1.29, 1.82) is 0 Å². The van der Waals surface area contributed by atoms with Crippen molar-refractivity contribution in [1.82, 2.24) is 14.7 Å². The monoisotopic (exact) mass is 465 g/mol. The third kappa shape index (κ3) is 4.30. The molecule has 0 saturated heterocycles. The number of carbonyl (C=O) groups excluding carboxylic acids is 1. The van der Waals surface area contributed by atoms with Gasteiger partial charge in [0.05, 0.1) is 24.1 Å². The van der Waals surface area contributed by atoms with Gasteiger partial charge in [-0.2, -0.15) is 18.3 Å². The normalized spacial score (nSPS) is 23.0. The SMILES string of the molecule is CCCN(CC(O)C(F)(F)F)C(=O)[C@H]1CCC2=Cc3c(cnn3-c3ccc(F)cc3)C[C@@]21C. The Kier molecular flexibility index (Phi) is 6.11. The molecule has 2 aromatic rings. The van der Waals surface area contributed by atoms with E-state index in [0.29, 0.717) is 25.7 Å². The molecule has 1 aromatic heterocycles. The van der Waals surface area contributed by atoms with E-state index in [4.69, 9.17) is 0 Å². The molecular weight excluding hydrogens is 438 g/mol. The van der Waals surface area contributed by atoms with E-state index in [1.54, 1.807) is 29.9 Å². The summed E-state index contributed by atoms with van der Waals surface area (Å²) in [6.07, 6.45) is -1.37. The van der Waals surface area contributed by atoms with Gasteiger partial charge in [0, 0.05) is 17.9 Å². The van der Waals surface area contributed by atoms with E-state index in [9.17, 15) is 27.5 Å². The molecule has 9 heteroatoms. The van der Waals surface area contributed by atoms with Crippen LogP contribution < -0.4 is 0 Å². The van der Waals surface area contributed by atoms with Gasteiger partial charge in [0.15, 0.2) is 6.10 Å². The Morgan fingerprint density at radius 1 is 1.33 bits per heavy atom. The number of nitrogens with zero attached hydrogens (tertiary/aromatic N) is 3. The number of carbonyl (C=O) groups is 1. The highest BCUT2D eigenvalue weighted by Gasteiger charge is 2.50. The number of allylic oxidation sites excluding steroid dienone is 1. The van der Waals surface area contributed by atoms with Crippen molar-refractivity contribution in [3.05, 3.63) is 53.1 Å². The first-order valence-corrected chi connectivity index (χ1v) is 11.1. The molecule has 5 nitrogen and oxygen atoms in total. The minimum Gasteiger partial charge on any atom is -0.382 e. The highest BCUT2D eigenvalue weighted by molar-refractivity contribution is 5.82. The maximum Gasteiger partial charge on any atom is 0.416 e. The van der Waals surface area contributed by atoms with E-state index in [1.807, 2.05) is 13.0 Å². The summed E-state index contributed by atoms with van der Waals surface area (Å²) in [6, 6.07) is 6.02. The van der Waals surface area contributed by atoms with Crippen LogP contribution in [-0.2, 0) is 11.2 Å². The van der Waals surface area contributed by atoms with Crippen LogP contribution in [0.5, 0.6) is 0 Å². The Morgan fingerprint density at radius 3 is 2.67 bits per heavy atom. The van der Waals surface area contributed by atoms with Crippen molar-refractivity contribution in [2.75, 3.05) is 13.1 Å². The second kappa shape index (κ2) is 8.59. The molecule has 0 aliphatic heterocycles. The smallest absolute Gasteiger partial charge is 0.382 e. The standard InChI is InChI=1S/C24H27F4N3O2/c1-3-10-30(14-21(32)24(26,27)28)22(33)19-9-4-16-11-20-15(12-23(16,19)2)13-29-31(20)18-7-5-17(25)6-8-18/h5-8,11,13,19,21,32H,3-4,9-10,12,14H2,1-2H3/t19-,21?,23+/m1/s1. The largest absolute Gasteiger partial charge is 0.416 e. The maximum absolute atomic E-state index is 13.4. The number of aliphatic hydroxyl groups is 1. The Morgan fingerprint density at radius 2 is 2.03 bits per heavy atom. The lowest BCUT2D eigenvalue weighted by Crippen LogP contribution is -2.48. The number of halogens is 4. The third-order valence-corrected chi connectivity index (χ3v) is 6.91. The lowest BCUT2D eigenvalue weighted by atomic mass is 9.69. The summed E-state index contributed by atoms with van der Waals surface area (Å²) in [5.41, 5.74) is 3.06. The summed E-state index contributed by atoms with van der Waals surface area (Å²) in [7, 11) is 0. The van der Waals surface area contributed by atoms with E-state index in [1.165, 1.54) is 12.1 Å². The van der Waals surface area contributed by atoms with Gasteiger partial charge in [-0.25, -0.2) is 9.07 Å². The van der Waals surface area contributed by atoms with Crippen molar-refractivity contribution in [3.63, 3.8) is 0 Å². The number of hydrogen-bond acceptors (Lipinski definition) is 3. The molecule has 1 amide bonds. The average molecular weight is 465 g/mol. The fourth-order valence-electron chi connectivity index (χ4n) is 5.12. The number of aliphatic hydroxyl groups excluding tert-OH is 1. The number of hydrogen-bond donors (Lipinski definition) is 1. The van der Waals surface area contributed by atoms with E-state index in [0.717, 1.165) is 27.4 Å². The van der Waals surface area contributed by atoms with E-state index < -0.39 is 30.2 Å². The van der Waals surface area contributed by atoms with Gasteiger partial charge in [0.25, 0.3) is 0 Å². The van der Waals surface area contributed by atoms with Gasteiger partial charge < -0.3 is 10.0 Å². The van der Waals surface area contributed by atoms with Crippen molar-refractivity contribution in [3.8, 4) is 5.69 Å². The Labute approximate surface area is 189 Å². The van der Waals surface area contributed by atoms with Crippen molar-refractivity contribution >= 4 is 12.0 Å². The third-order valence-electron chi connectivity index (χ3n) is 6.91. The second-order valence-electron chi connectivity index (χ2n) is 9.14. The van der Waals surface area contributed by atoms with Crippen LogP contribution in [0.4, 0.5) is 17.6 Å². The molecule has 0 spiro atoms. The molecule has 1 saturated carbocycles. The number of alkyl halides is 3. The minimum absolute atomic E-state index is 0.158. The van der Waals surface area contributed by atoms with Gasteiger partial charge in [0.1, 0.15) is 5.82 Å².